The lowest BCUT2D eigenvalue weighted by atomic mass is 10.1. The van der Waals surface area contributed by atoms with Crippen molar-refractivity contribution in [3.63, 3.8) is 0 Å². The number of benzene rings is 2. The van der Waals surface area contributed by atoms with Crippen molar-refractivity contribution >= 4 is 29.2 Å². The molecule has 0 aliphatic rings. The SMILES string of the molecule is CCOC(=O)Cc1ccc(NC(=O)C(=O)Nc2ccc(-c3cnco3)c(OC)c2)cc1. The van der Waals surface area contributed by atoms with Gasteiger partial charge in [0.05, 0.1) is 31.9 Å². The van der Waals surface area contributed by atoms with E-state index in [0.717, 1.165) is 5.56 Å². The molecule has 3 aromatic rings. The van der Waals surface area contributed by atoms with Crippen molar-refractivity contribution in [2.75, 3.05) is 24.4 Å². The largest absolute Gasteiger partial charge is 0.496 e. The molecule has 0 saturated carbocycles. The molecule has 0 unspecified atom stereocenters. The highest BCUT2D eigenvalue weighted by Gasteiger charge is 2.16. The number of amides is 2. The van der Waals surface area contributed by atoms with Gasteiger partial charge in [0.15, 0.2) is 12.2 Å². The number of esters is 1. The topological polar surface area (TPSA) is 120 Å². The smallest absolute Gasteiger partial charge is 0.314 e. The summed E-state index contributed by atoms with van der Waals surface area (Å²) in [5.41, 5.74) is 2.20. The maximum Gasteiger partial charge on any atom is 0.314 e. The molecule has 0 spiro atoms. The Hall–Kier alpha value is -4.14. The molecule has 2 amide bonds. The Kier molecular flexibility index (Phi) is 7.00. The van der Waals surface area contributed by atoms with Crippen LogP contribution in [0.5, 0.6) is 5.75 Å². The molecule has 9 heteroatoms. The zero-order valence-electron chi connectivity index (χ0n) is 17.0. The molecule has 160 valence electrons. The van der Waals surface area contributed by atoms with Crippen molar-refractivity contribution in [1.29, 1.82) is 0 Å². The van der Waals surface area contributed by atoms with Crippen LogP contribution in [0.3, 0.4) is 0 Å². The monoisotopic (exact) mass is 423 g/mol. The van der Waals surface area contributed by atoms with Gasteiger partial charge in [-0.25, -0.2) is 4.98 Å². The Balaban J connectivity index is 1.60. The first kappa shape index (κ1) is 21.6. The van der Waals surface area contributed by atoms with Crippen LogP contribution in [0, 0.1) is 0 Å². The first-order chi connectivity index (χ1) is 15.0. The molecular formula is C22H21N3O6. The number of aromatic nitrogens is 1. The van der Waals surface area contributed by atoms with E-state index in [-0.39, 0.29) is 12.4 Å². The molecule has 2 N–H and O–H groups in total. The molecule has 2 aromatic carbocycles. The third-order valence-electron chi connectivity index (χ3n) is 4.23. The molecule has 31 heavy (non-hydrogen) atoms. The summed E-state index contributed by atoms with van der Waals surface area (Å²) >= 11 is 0. The van der Waals surface area contributed by atoms with Crippen molar-refractivity contribution in [1.82, 2.24) is 4.98 Å². The number of oxazole rings is 1. The van der Waals surface area contributed by atoms with E-state index in [1.807, 2.05) is 0 Å². The quantitative estimate of drug-likeness (QED) is 0.443. The van der Waals surface area contributed by atoms with Gasteiger partial charge in [0.25, 0.3) is 0 Å². The number of nitrogens with one attached hydrogen (secondary N) is 2. The Morgan fingerprint density at radius 3 is 2.29 bits per heavy atom. The van der Waals surface area contributed by atoms with E-state index in [4.69, 9.17) is 13.9 Å². The standard InChI is InChI=1S/C22H21N3O6/c1-3-30-20(26)10-14-4-6-15(7-5-14)24-21(27)22(28)25-16-8-9-17(18(11-16)29-2)19-12-23-13-31-19/h4-9,11-13H,3,10H2,1-2H3,(H,24,27)(H,25,28). The van der Waals surface area contributed by atoms with Crippen LogP contribution < -0.4 is 15.4 Å². The maximum atomic E-state index is 12.3. The van der Waals surface area contributed by atoms with Gasteiger partial charge in [0, 0.05) is 17.4 Å². The van der Waals surface area contributed by atoms with Crippen LogP contribution in [-0.2, 0) is 25.5 Å². The van der Waals surface area contributed by atoms with E-state index in [2.05, 4.69) is 15.6 Å². The van der Waals surface area contributed by atoms with Gasteiger partial charge in [-0.2, -0.15) is 0 Å². The van der Waals surface area contributed by atoms with Crippen molar-refractivity contribution in [3.8, 4) is 17.1 Å². The number of anilines is 2. The molecular weight excluding hydrogens is 402 g/mol. The third-order valence-corrected chi connectivity index (χ3v) is 4.23. The Labute approximate surface area is 178 Å². The number of ether oxygens (including phenoxy) is 2. The average molecular weight is 423 g/mol. The van der Waals surface area contributed by atoms with Crippen LogP contribution in [0.15, 0.2) is 59.5 Å². The summed E-state index contributed by atoms with van der Waals surface area (Å²) in [7, 11) is 1.49. The number of carbonyl (C=O) groups is 3. The van der Waals surface area contributed by atoms with Crippen molar-refractivity contribution in [2.45, 2.75) is 13.3 Å². The van der Waals surface area contributed by atoms with Crippen molar-refractivity contribution < 1.29 is 28.3 Å². The summed E-state index contributed by atoms with van der Waals surface area (Å²) in [6.07, 6.45) is 2.98. The molecule has 0 bridgehead atoms. The predicted molar refractivity (Wildman–Crippen MR) is 113 cm³/mol. The maximum absolute atomic E-state index is 12.3. The Bertz CT molecular complexity index is 1060. The summed E-state index contributed by atoms with van der Waals surface area (Å²) in [4.78, 5) is 39.9. The molecule has 1 aromatic heterocycles. The normalized spacial score (nSPS) is 10.3. The third kappa shape index (κ3) is 5.69. The van der Waals surface area contributed by atoms with Gasteiger partial charge in [-0.05, 0) is 36.8 Å². The van der Waals surface area contributed by atoms with Gasteiger partial charge in [-0.15, -0.1) is 0 Å². The first-order valence-corrected chi connectivity index (χ1v) is 9.44. The second kappa shape index (κ2) is 10.1. The fourth-order valence-corrected chi connectivity index (χ4v) is 2.78. The highest BCUT2D eigenvalue weighted by atomic mass is 16.5. The summed E-state index contributed by atoms with van der Waals surface area (Å²) in [5, 5.41) is 5.03. The van der Waals surface area contributed by atoms with Crippen LogP contribution in [0.4, 0.5) is 11.4 Å². The molecule has 0 atom stereocenters. The molecule has 9 nitrogen and oxygen atoms in total. The fourth-order valence-electron chi connectivity index (χ4n) is 2.78. The minimum Gasteiger partial charge on any atom is -0.496 e. The minimum absolute atomic E-state index is 0.133. The molecule has 0 saturated heterocycles. The van der Waals surface area contributed by atoms with Crippen molar-refractivity contribution in [2.24, 2.45) is 0 Å². The van der Waals surface area contributed by atoms with E-state index in [9.17, 15) is 14.4 Å². The Morgan fingerprint density at radius 1 is 1.00 bits per heavy atom. The second-order valence-electron chi connectivity index (χ2n) is 6.37. The number of hydrogen-bond donors (Lipinski definition) is 2. The average Bonchev–Trinajstić information content (AvgIpc) is 3.29. The number of rotatable bonds is 7. The van der Waals surface area contributed by atoms with Crippen LogP contribution in [0.2, 0.25) is 0 Å². The van der Waals surface area contributed by atoms with E-state index >= 15 is 0 Å². The van der Waals surface area contributed by atoms with Crippen LogP contribution >= 0.6 is 0 Å². The summed E-state index contributed by atoms with van der Waals surface area (Å²) in [6, 6.07) is 11.5. The van der Waals surface area contributed by atoms with Gasteiger partial charge in [0.1, 0.15) is 5.75 Å². The number of methoxy groups -OCH3 is 1. The number of carbonyl (C=O) groups excluding carboxylic acids is 3. The van der Waals surface area contributed by atoms with Gasteiger partial charge in [-0.1, -0.05) is 12.1 Å². The predicted octanol–water partition coefficient (Wildman–Crippen LogP) is 3.03. The number of nitrogens with zero attached hydrogens (tertiary/aromatic N) is 1. The van der Waals surface area contributed by atoms with E-state index in [1.165, 1.54) is 13.5 Å². The molecule has 0 aliphatic heterocycles. The van der Waals surface area contributed by atoms with E-state index < -0.39 is 11.8 Å². The Morgan fingerprint density at radius 2 is 1.68 bits per heavy atom. The molecule has 1 heterocycles. The zero-order valence-corrected chi connectivity index (χ0v) is 17.0. The molecule has 0 radical (unpaired) electrons. The molecule has 3 rings (SSSR count). The van der Waals surface area contributed by atoms with Gasteiger partial charge in [0.2, 0.25) is 0 Å². The highest BCUT2D eigenvalue weighted by Crippen LogP contribution is 2.32. The highest BCUT2D eigenvalue weighted by molar-refractivity contribution is 6.43. The lowest BCUT2D eigenvalue weighted by molar-refractivity contribution is -0.142. The van der Waals surface area contributed by atoms with Gasteiger partial charge >= 0.3 is 17.8 Å². The second-order valence-corrected chi connectivity index (χ2v) is 6.37. The van der Waals surface area contributed by atoms with Crippen LogP contribution in [0.1, 0.15) is 12.5 Å². The zero-order chi connectivity index (χ0) is 22.2. The fraction of sp³-hybridized carbons (Fsp3) is 0.182. The lowest BCUT2D eigenvalue weighted by Crippen LogP contribution is -2.29. The minimum atomic E-state index is -0.843. The summed E-state index contributed by atoms with van der Waals surface area (Å²) in [5.74, 6) is -1.05. The van der Waals surface area contributed by atoms with Crippen LogP contribution in [0.25, 0.3) is 11.3 Å². The number of hydrogen-bond acceptors (Lipinski definition) is 7. The molecule has 0 aliphatic carbocycles. The first-order valence-electron chi connectivity index (χ1n) is 9.44. The van der Waals surface area contributed by atoms with Gasteiger partial charge in [-0.3, -0.25) is 14.4 Å². The van der Waals surface area contributed by atoms with E-state index in [1.54, 1.807) is 55.6 Å². The summed E-state index contributed by atoms with van der Waals surface area (Å²) < 4.78 is 15.5. The van der Waals surface area contributed by atoms with Crippen LogP contribution in [-0.4, -0.2) is 36.5 Å². The molecule has 0 fully saturated rings. The lowest BCUT2D eigenvalue weighted by Gasteiger charge is -2.10. The van der Waals surface area contributed by atoms with Gasteiger partial charge < -0.3 is 24.5 Å². The van der Waals surface area contributed by atoms with Crippen molar-refractivity contribution in [3.05, 3.63) is 60.6 Å². The van der Waals surface area contributed by atoms with E-state index in [0.29, 0.717) is 35.1 Å². The summed E-state index contributed by atoms with van der Waals surface area (Å²) in [6.45, 7) is 2.05.